The summed E-state index contributed by atoms with van der Waals surface area (Å²) in [5.74, 6) is 1.57. The van der Waals surface area contributed by atoms with Crippen LogP contribution in [0, 0.1) is 0 Å². The van der Waals surface area contributed by atoms with Crippen LogP contribution >= 0.6 is 12.4 Å². The van der Waals surface area contributed by atoms with Crippen molar-refractivity contribution in [2.24, 2.45) is 5.73 Å². The topological polar surface area (TPSA) is 74.2 Å². The molecule has 0 aliphatic heterocycles. The van der Waals surface area contributed by atoms with Crippen LogP contribution in [-0.2, 0) is 12.7 Å². The highest BCUT2D eigenvalue weighted by atomic mass is 35.5. The summed E-state index contributed by atoms with van der Waals surface area (Å²) in [4.78, 5) is 4.40. The highest BCUT2D eigenvalue weighted by Gasteiger charge is 2.30. The van der Waals surface area contributed by atoms with E-state index in [4.69, 9.17) is 15.0 Å². The molecule has 0 atom stereocenters. The Labute approximate surface area is 182 Å². The van der Waals surface area contributed by atoms with Crippen LogP contribution in [0.5, 0.6) is 11.5 Å². The molecule has 0 radical (unpaired) electrons. The predicted octanol–water partition coefficient (Wildman–Crippen LogP) is 6.10. The molecule has 4 rings (SSSR count). The zero-order valence-corrected chi connectivity index (χ0v) is 16.8. The van der Waals surface area contributed by atoms with E-state index < -0.39 is 11.7 Å². The zero-order chi connectivity index (χ0) is 21.1. The van der Waals surface area contributed by atoms with E-state index in [2.05, 4.69) is 10.1 Å². The quantitative estimate of drug-likeness (QED) is 0.400. The van der Waals surface area contributed by atoms with Crippen LogP contribution in [0.3, 0.4) is 0 Å². The van der Waals surface area contributed by atoms with Crippen molar-refractivity contribution in [1.82, 2.24) is 10.1 Å². The van der Waals surface area contributed by atoms with Crippen molar-refractivity contribution in [2.45, 2.75) is 12.7 Å². The molecule has 1 aromatic heterocycles. The van der Waals surface area contributed by atoms with Crippen molar-refractivity contribution < 1.29 is 22.4 Å². The summed E-state index contributed by atoms with van der Waals surface area (Å²) < 4.78 is 48.8. The van der Waals surface area contributed by atoms with Gasteiger partial charge >= 0.3 is 6.18 Å². The average molecular weight is 448 g/mol. The van der Waals surface area contributed by atoms with E-state index in [0.717, 1.165) is 23.3 Å². The molecule has 3 aromatic carbocycles. The standard InChI is InChI=1S/C22H16F3N3O2.ClH/c23-22(24,25)17-7-11-19(12-8-17)29-18-9-5-15(6-10-18)20-27-21(30-28-20)16-3-1-14(13-26)2-4-16;/h1-12H,13,26H2;1H. The largest absolute Gasteiger partial charge is 0.457 e. The molecule has 1 heterocycles. The summed E-state index contributed by atoms with van der Waals surface area (Å²) >= 11 is 0. The second-order valence-electron chi connectivity index (χ2n) is 6.47. The minimum atomic E-state index is -4.38. The van der Waals surface area contributed by atoms with E-state index in [1.165, 1.54) is 12.1 Å². The third-order valence-corrected chi connectivity index (χ3v) is 4.39. The average Bonchev–Trinajstić information content (AvgIpc) is 3.24. The lowest BCUT2D eigenvalue weighted by Gasteiger charge is -2.09. The molecule has 0 saturated heterocycles. The van der Waals surface area contributed by atoms with E-state index in [9.17, 15) is 13.2 Å². The number of hydrogen-bond acceptors (Lipinski definition) is 5. The molecular weight excluding hydrogens is 431 g/mol. The Kier molecular flexibility index (Phi) is 6.62. The van der Waals surface area contributed by atoms with Gasteiger partial charge in [0.15, 0.2) is 0 Å². The van der Waals surface area contributed by atoms with E-state index >= 15 is 0 Å². The number of rotatable bonds is 5. The van der Waals surface area contributed by atoms with Crippen LogP contribution in [0.1, 0.15) is 11.1 Å². The number of halogens is 4. The van der Waals surface area contributed by atoms with Crippen molar-refractivity contribution in [2.75, 3.05) is 0 Å². The molecule has 0 spiro atoms. The van der Waals surface area contributed by atoms with Crippen LogP contribution in [0.15, 0.2) is 77.3 Å². The third-order valence-electron chi connectivity index (χ3n) is 4.39. The SMILES string of the molecule is Cl.NCc1ccc(-c2nc(-c3ccc(Oc4ccc(C(F)(F)F)cc4)cc3)no2)cc1. The van der Waals surface area contributed by atoms with Gasteiger partial charge in [0.25, 0.3) is 5.89 Å². The maximum absolute atomic E-state index is 12.6. The van der Waals surface area contributed by atoms with Crippen LogP contribution in [-0.4, -0.2) is 10.1 Å². The minimum absolute atomic E-state index is 0. The Morgan fingerprint density at radius 2 is 1.35 bits per heavy atom. The lowest BCUT2D eigenvalue weighted by molar-refractivity contribution is -0.137. The first-order valence-electron chi connectivity index (χ1n) is 9.01. The van der Waals surface area contributed by atoms with Crippen molar-refractivity contribution in [3.8, 4) is 34.3 Å². The molecule has 5 nitrogen and oxygen atoms in total. The Balaban J connectivity index is 0.00000272. The highest BCUT2D eigenvalue weighted by molar-refractivity contribution is 5.85. The first-order chi connectivity index (χ1) is 14.4. The van der Waals surface area contributed by atoms with E-state index in [1.807, 2.05) is 24.3 Å². The maximum atomic E-state index is 12.6. The summed E-state index contributed by atoms with van der Waals surface area (Å²) in [6.07, 6.45) is -4.38. The fourth-order valence-electron chi connectivity index (χ4n) is 2.76. The molecule has 2 N–H and O–H groups in total. The summed E-state index contributed by atoms with van der Waals surface area (Å²) in [5.41, 5.74) is 7.37. The number of ether oxygens (including phenoxy) is 1. The molecule has 160 valence electrons. The molecule has 0 bridgehead atoms. The van der Waals surface area contributed by atoms with Crippen LogP contribution < -0.4 is 10.5 Å². The fraction of sp³-hybridized carbons (Fsp3) is 0.0909. The summed E-state index contributed by atoms with van der Waals surface area (Å²) in [6.45, 7) is 0.455. The molecule has 4 aromatic rings. The van der Waals surface area contributed by atoms with Gasteiger partial charge in [-0.1, -0.05) is 17.3 Å². The molecule has 0 aliphatic rings. The van der Waals surface area contributed by atoms with E-state index in [-0.39, 0.29) is 12.4 Å². The van der Waals surface area contributed by atoms with Crippen LogP contribution in [0.25, 0.3) is 22.8 Å². The van der Waals surface area contributed by atoms with Gasteiger partial charge < -0.3 is 15.0 Å². The lowest BCUT2D eigenvalue weighted by atomic mass is 10.1. The van der Waals surface area contributed by atoms with Gasteiger partial charge in [0.1, 0.15) is 11.5 Å². The van der Waals surface area contributed by atoms with E-state index in [1.54, 1.807) is 24.3 Å². The van der Waals surface area contributed by atoms with Gasteiger partial charge in [-0.25, -0.2) is 0 Å². The van der Waals surface area contributed by atoms with Crippen molar-refractivity contribution in [1.29, 1.82) is 0 Å². The van der Waals surface area contributed by atoms with Gasteiger partial charge in [-0.05, 0) is 66.2 Å². The Morgan fingerprint density at radius 3 is 1.90 bits per heavy atom. The Morgan fingerprint density at radius 1 is 0.806 bits per heavy atom. The monoisotopic (exact) mass is 447 g/mol. The minimum Gasteiger partial charge on any atom is -0.457 e. The van der Waals surface area contributed by atoms with Gasteiger partial charge in [-0.2, -0.15) is 18.2 Å². The number of nitrogens with zero attached hydrogens (tertiary/aromatic N) is 2. The predicted molar refractivity (Wildman–Crippen MR) is 112 cm³/mol. The molecule has 31 heavy (non-hydrogen) atoms. The van der Waals surface area contributed by atoms with Gasteiger partial charge in [-0.3, -0.25) is 0 Å². The highest BCUT2D eigenvalue weighted by Crippen LogP contribution is 2.32. The summed E-state index contributed by atoms with van der Waals surface area (Å²) in [6, 6.07) is 18.9. The number of aromatic nitrogens is 2. The number of alkyl halides is 3. The summed E-state index contributed by atoms with van der Waals surface area (Å²) in [7, 11) is 0. The number of benzene rings is 3. The second-order valence-corrected chi connectivity index (χ2v) is 6.47. The summed E-state index contributed by atoms with van der Waals surface area (Å²) in [5, 5.41) is 3.99. The first kappa shape index (κ1) is 22.3. The molecule has 0 fully saturated rings. The van der Waals surface area contributed by atoms with Crippen molar-refractivity contribution >= 4 is 12.4 Å². The van der Waals surface area contributed by atoms with Crippen molar-refractivity contribution in [3.05, 3.63) is 83.9 Å². The van der Waals surface area contributed by atoms with Gasteiger partial charge in [0.05, 0.1) is 5.56 Å². The molecule has 9 heteroatoms. The Hall–Kier alpha value is -3.36. The van der Waals surface area contributed by atoms with Crippen LogP contribution in [0.2, 0.25) is 0 Å². The molecular formula is C22H17ClF3N3O2. The molecule has 0 saturated carbocycles. The molecule has 0 unspecified atom stereocenters. The third kappa shape index (κ3) is 5.22. The maximum Gasteiger partial charge on any atom is 0.416 e. The van der Waals surface area contributed by atoms with E-state index in [0.29, 0.717) is 35.3 Å². The van der Waals surface area contributed by atoms with Crippen molar-refractivity contribution in [3.63, 3.8) is 0 Å². The van der Waals surface area contributed by atoms with Gasteiger partial charge in [-0.15, -0.1) is 12.4 Å². The zero-order valence-electron chi connectivity index (χ0n) is 16.0. The van der Waals surface area contributed by atoms with Gasteiger partial charge in [0, 0.05) is 17.7 Å². The van der Waals surface area contributed by atoms with Crippen LogP contribution in [0.4, 0.5) is 13.2 Å². The fourth-order valence-corrected chi connectivity index (χ4v) is 2.76. The first-order valence-corrected chi connectivity index (χ1v) is 9.01. The normalized spacial score (nSPS) is 11.1. The Bertz CT molecular complexity index is 1130. The number of hydrogen-bond donors (Lipinski definition) is 1. The molecule has 0 aliphatic carbocycles. The lowest BCUT2D eigenvalue weighted by Crippen LogP contribution is -2.03. The molecule has 0 amide bonds. The number of nitrogens with two attached hydrogens (primary N) is 1. The van der Waals surface area contributed by atoms with Gasteiger partial charge in [0.2, 0.25) is 5.82 Å². The second kappa shape index (κ2) is 9.20. The smallest absolute Gasteiger partial charge is 0.416 e.